The molecule has 7 nitrogen and oxygen atoms in total. The van der Waals surface area contributed by atoms with Crippen molar-refractivity contribution in [2.75, 3.05) is 20.8 Å². The van der Waals surface area contributed by atoms with Crippen molar-refractivity contribution in [1.29, 1.82) is 0 Å². The summed E-state index contributed by atoms with van der Waals surface area (Å²) in [6.45, 7) is 0.356. The zero-order valence-electron chi connectivity index (χ0n) is 17.8. The van der Waals surface area contributed by atoms with Crippen molar-refractivity contribution in [3.05, 3.63) is 53.1 Å². The predicted octanol–water partition coefficient (Wildman–Crippen LogP) is 4.10. The molecule has 1 unspecified atom stereocenters. The molecule has 1 N–H and O–H groups in total. The molecule has 1 heterocycles. The zero-order valence-corrected chi connectivity index (χ0v) is 17.8. The van der Waals surface area contributed by atoms with E-state index in [9.17, 15) is 14.7 Å². The van der Waals surface area contributed by atoms with Crippen molar-refractivity contribution in [2.24, 2.45) is 0 Å². The largest absolute Gasteiger partial charge is 0.507 e. The van der Waals surface area contributed by atoms with Gasteiger partial charge >= 0.3 is 0 Å². The number of benzene rings is 2. The van der Waals surface area contributed by atoms with Crippen LogP contribution in [0.5, 0.6) is 17.2 Å². The molecule has 2 amide bonds. The Balaban J connectivity index is 1.71. The minimum absolute atomic E-state index is 0.0471. The molecular weight excluding hydrogens is 398 g/mol. The summed E-state index contributed by atoms with van der Waals surface area (Å²) in [4.78, 5) is 27.5. The lowest BCUT2D eigenvalue weighted by molar-refractivity contribution is 0.0544. The second kappa shape index (κ2) is 8.98. The van der Waals surface area contributed by atoms with E-state index >= 15 is 0 Å². The summed E-state index contributed by atoms with van der Waals surface area (Å²) in [7, 11) is 3.17. The summed E-state index contributed by atoms with van der Waals surface area (Å²) >= 11 is 0. The molecule has 1 fully saturated rings. The number of phenolic OH excluding ortho intramolecular Hbond substituents is 1. The van der Waals surface area contributed by atoms with Crippen LogP contribution < -0.4 is 9.47 Å². The van der Waals surface area contributed by atoms with Crippen molar-refractivity contribution in [3.8, 4) is 17.2 Å². The average Bonchev–Trinajstić information content (AvgIpc) is 3.37. The van der Waals surface area contributed by atoms with E-state index in [-0.39, 0.29) is 23.0 Å². The number of phenols is 1. The highest BCUT2D eigenvalue weighted by Crippen LogP contribution is 2.40. The number of hydrogen-bond acceptors (Lipinski definition) is 6. The molecule has 0 spiro atoms. The topological polar surface area (TPSA) is 85.3 Å². The van der Waals surface area contributed by atoms with Crippen molar-refractivity contribution in [1.82, 2.24) is 4.90 Å². The predicted molar refractivity (Wildman–Crippen MR) is 114 cm³/mol. The van der Waals surface area contributed by atoms with Crippen LogP contribution in [0, 0.1) is 0 Å². The first kappa shape index (κ1) is 21.2. The number of imide groups is 1. The minimum Gasteiger partial charge on any atom is -0.507 e. The van der Waals surface area contributed by atoms with Crippen LogP contribution >= 0.6 is 0 Å². The third-order valence-corrected chi connectivity index (χ3v) is 6.00. The Bertz CT molecular complexity index is 982. The third kappa shape index (κ3) is 3.97. The number of hydrogen-bond donors (Lipinski definition) is 1. The van der Waals surface area contributed by atoms with Crippen LogP contribution in [0.15, 0.2) is 36.4 Å². The smallest absolute Gasteiger partial charge is 0.265 e. The fourth-order valence-electron chi connectivity index (χ4n) is 4.42. The fraction of sp³-hybridized carbons (Fsp3) is 0.417. The van der Waals surface area contributed by atoms with Gasteiger partial charge in [-0.2, -0.15) is 0 Å². The van der Waals surface area contributed by atoms with Gasteiger partial charge in [0, 0.05) is 13.7 Å². The Kier molecular flexibility index (Phi) is 6.13. The lowest BCUT2D eigenvalue weighted by atomic mass is 10.0. The van der Waals surface area contributed by atoms with Crippen LogP contribution in [0.25, 0.3) is 0 Å². The molecule has 31 heavy (non-hydrogen) atoms. The zero-order chi connectivity index (χ0) is 22.0. The molecule has 1 aliphatic heterocycles. The first-order chi connectivity index (χ1) is 15.0. The first-order valence-corrected chi connectivity index (χ1v) is 10.6. The Morgan fingerprint density at radius 2 is 1.84 bits per heavy atom. The molecular formula is C24H27NO6. The van der Waals surface area contributed by atoms with E-state index in [2.05, 4.69) is 0 Å². The fourth-order valence-corrected chi connectivity index (χ4v) is 4.42. The van der Waals surface area contributed by atoms with Crippen molar-refractivity contribution < 1.29 is 28.9 Å². The quantitative estimate of drug-likeness (QED) is 0.641. The number of methoxy groups -OCH3 is 2. The number of amides is 2. The highest BCUT2D eigenvalue weighted by Gasteiger charge is 2.42. The highest BCUT2D eigenvalue weighted by molar-refractivity contribution is 6.22. The second-order valence-electron chi connectivity index (χ2n) is 7.91. The van der Waals surface area contributed by atoms with Gasteiger partial charge in [-0.3, -0.25) is 14.5 Å². The maximum Gasteiger partial charge on any atom is 0.265 e. The molecule has 164 valence electrons. The summed E-state index contributed by atoms with van der Waals surface area (Å²) in [6, 6.07) is 9.46. The summed E-state index contributed by atoms with van der Waals surface area (Å²) in [6.07, 6.45) is 4.83. The highest BCUT2D eigenvalue weighted by atomic mass is 16.5. The normalized spacial score (nSPS) is 17.2. The molecule has 0 aromatic heterocycles. The van der Waals surface area contributed by atoms with Gasteiger partial charge in [-0.25, -0.2) is 0 Å². The van der Waals surface area contributed by atoms with E-state index in [1.165, 1.54) is 11.0 Å². The Labute approximate surface area is 181 Å². The molecule has 1 atom stereocenters. The number of carbonyl (C=O) groups excluding carboxylic acids is 2. The van der Waals surface area contributed by atoms with Crippen LogP contribution in [0.1, 0.15) is 64.4 Å². The van der Waals surface area contributed by atoms with Crippen LogP contribution in [0.4, 0.5) is 0 Å². The molecule has 7 heteroatoms. The molecule has 0 bridgehead atoms. The molecule has 1 aliphatic carbocycles. The van der Waals surface area contributed by atoms with Gasteiger partial charge in [0.25, 0.3) is 11.8 Å². The van der Waals surface area contributed by atoms with E-state index < -0.39 is 17.9 Å². The maximum absolute atomic E-state index is 13.1. The molecule has 2 aromatic rings. The Morgan fingerprint density at radius 3 is 2.52 bits per heavy atom. The Hall–Kier alpha value is -3.06. The molecule has 2 aromatic carbocycles. The number of ether oxygens (including phenoxy) is 3. The van der Waals surface area contributed by atoms with Crippen molar-refractivity contribution in [3.63, 3.8) is 0 Å². The second-order valence-corrected chi connectivity index (χ2v) is 7.91. The van der Waals surface area contributed by atoms with Gasteiger partial charge in [0.1, 0.15) is 5.75 Å². The van der Waals surface area contributed by atoms with Crippen LogP contribution in [-0.2, 0) is 4.74 Å². The average molecular weight is 425 g/mol. The van der Waals surface area contributed by atoms with Gasteiger partial charge in [0.05, 0.1) is 30.4 Å². The Morgan fingerprint density at radius 1 is 1.06 bits per heavy atom. The number of rotatable bonds is 8. The number of carbonyl (C=O) groups is 2. The van der Waals surface area contributed by atoms with E-state index in [0.29, 0.717) is 24.5 Å². The lowest BCUT2D eigenvalue weighted by Crippen LogP contribution is -2.34. The number of aromatic hydroxyl groups is 1. The van der Waals surface area contributed by atoms with Crippen LogP contribution in [0.2, 0.25) is 0 Å². The summed E-state index contributed by atoms with van der Waals surface area (Å²) in [5.74, 6) is 0.0955. The summed E-state index contributed by atoms with van der Waals surface area (Å²) in [5.41, 5.74) is 1.01. The molecule has 2 aliphatic rings. The minimum atomic E-state index is -0.566. The molecule has 0 saturated heterocycles. The maximum atomic E-state index is 13.1. The SMILES string of the molecule is COCCC(c1ccc(OC)c(OC2CCCC2)c1)N1C(=O)c2cccc(O)c2C1=O. The van der Waals surface area contributed by atoms with Gasteiger partial charge in [-0.05, 0) is 61.9 Å². The molecule has 0 radical (unpaired) electrons. The number of fused-ring (bicyclic) bond motifs is 1. The number of nitrogens with zero attached hydrogens (tertiary/aromatic N) is 1. The van der Waals surface area contributed by atoms with E-state index in [0.717, 1.165) is 31.2 Å². The van der Waals surface area contributed by atoms with Crippen LogP contribution in [-0.4, -0.2) is 48.8 Å². The van der Waals surface area contributed by atoms with Gasteiger partial charge in [0.15, 0.2) is 11.5 Å². The van der Waals surface area contributed by atoms with E-state index in [1.54, 1.807) is 32.4 Å². The summed E-state index contributed by atoms with van der Waals surface area (Å²) < 4.78 is 16.9. The van der Waals surface area contributed by atoms with E-state index in [1.807, 2.05) is 12.1 Å². The van der Waals surface area contributed by atoms with Gasteiger partial charge in [0.2, 0.25) is 0 Å². The van der Waals surface area contributed by atoms with Gasteiger partial charge in [-0.1, -0.05) is 12.1 Å². The van der Waals surface area contributed by atoms with Crippen molar-refractivity contribution >= 4 is 11.8 Å². The van der Waals surface area contributed by atoms with Gasteiger partial charge in [-0.15, -0.1) is 0 Å². The monoisotopic (exact) mass is 425 g/mol. The molecule has 4 rings (SSSR count). The standard InChI is InChI=1S/C24H27NO6/c1-29-13-12-18(25-23(27)17-8-5-9-19(26)22(17)24(25)28)15-10-11-20(30-2)21(14-15)31-16-6-3-4-7-16/h5,8-11,14,16,18,26H,3-4,6-7,12-13H2,1-2H3. The van der Waals surface area contributed by atoms with Crippen molar-refractivity contribution in [2.45, 2.75) is 44.2 Å². The first-order valence-electron chi connectivity index (χ1n) is 10.6. The third-order valence-electron chi connectivity index (χ3n) is 6.00. The van der Waals surface area contributed by atoms with E-state index in [4.69, 9.17) is 14.2 Å². The lowest BCUT2D eigenvalue weighted by Gasteiger charge is -2.27. The summed E-state index contributed by atoms with van der Waals surface area (Å²) in [5, 5.41) is 10.2. The van der Waals surface area contributed by atoms with Crippen LogP contribution in [0.3, 0.4) is 0 Å². The molecule has 1 saturated carbocycles. The van der Waals surface area contributed by atoms with Gasteiger partial charge < -0.3 is 19.3 Å².